The number of rotatable bonds is 8. The molecule has 0 aliphatic carbocycles. The number of nitrogens with one attached hydrogen (secondary N) is 1. The molecule has 0 saturated carbocycles. The van der Waals surface area contributed by atoms with Crippen molar-refractivity contribution in [2.75, 3.05) is 11.9 Å². The Morgan fingerprint density at radius 1 is 1.32 bits per heavy atom. The van der Waals surface area contributed by atoms with Gasteiger partial charge in [0, 0.05) is 12.1 Å². The number of hydrogen-bond acceptors (Lipinski definition) is 2. The summed E-state index contributed by atoms with van der Waals surface area (Å²) in [6, 6.07) is 7.76. The van der Waals surface area contributed by atoms with Crippen LogP contribution in [0.1, 0.15) is 32.3 Å². The Bertz CT molecular complexity index is 553. The highest BCUT2D eigenvalue weighted by atomic mass is 16.5. The molecule has 1 amide bonds. The summed E-state index contributed by atoms with van der Waals surface area (Å²) in [6.07, 6.45) is 6.71. The van der Waals surface area contributed by atoms with Crippen molar-refractivity contribution in [2.24, 2.45) is 0 Å². The summed E-state index contributed by atoms with van der Waals surface area (Å²) in [5.41, 5.74) is 3.12. The van der Waals surface area contributed by atoms with E-state index in [1.165, 1.54) is 5.56 Å². The van der Waals surface area contributed by atoms with Crippen molar-refractivity contribution < 1.29 is 9.53 Å². The van der Waals surface area contributed by atoms with Crippen LogP contribution >= 0.6 is 0 Å². The lowest BCUT2D eigenvalue weighted by Gasteiger charge is -2.08. The third-order valence-corrected chi connectivity index (χ3v) is 3.18. The first-order chi connectivity index (χ1) is 10.5. The number of hydrogen-bond donors (Lipinski definition) is 1. The van der Waals surface area contributed by atoms with E-state index in [0.29, 0.717) is 19.4 Å². The van der Waals surface area contributed by atoms with Gasteiger partial charge in [-0.3, -0.25) is 4.79 Å². The Hall–Kier alpha value is -2.29. The molecule has 1 N–H and O–H groups in total. The van der Waals surface area contributed by atoms with Gasteiger partial charge in [-0.25, -0.2) is 0 Å². The molecular weight excluding hydrogens is 274 g/mol. The molecule has 118 valence electrons. The highest BCUT2D eigenvalue weighted by Crippen LogP contribution is 2.10. The molecule has 1 aromatic rings. The second-order valence-electron chi connectivity index (χ2n) is 5.15. The molecule has 3 heteroatoms. The number of ether oxygens (including phenoxy) is 1. The van der Waals surface area contributed by atoms with Crippen LogP contribution in [0.2, 0.25) is 0 Å². The maximum absolute atomic E-state index is 11.8. The number of allylic oxidation sites excluding steroid dienone is 4. The van der Waals surface area contributed by atoms with Gasteiger partial charge in [-0.15, -0.1) is 0 Å². The van der Waals surface area contributed by atoms with Crippen LogP contribution in [-0.2, 0) is 9.53 Å². The fraction of sp³-hybridized carbons (Fsp3) is 0.316. The minimum absolute atomic E-state index is 0.00113. The van der Waals surface area contributed by atoms with Crippen LogP contribution in [0.5, 0.6) is 0 Å². The van der Waals surface area contributed by atoms with E-state index in [4.69, 9.17) is 4.74 Å². The molecule has 0 radical (unpaired) electrons. The van der Waals surface area contributed by atoms with Crippen LogP contribution in [0.4, 0.5) is 5.69 Å². The van der Waals surface area contributed by atoms with E-state index < -0.39 is 0 Å². The Balaban J connectivity index is 2.31. The van der Waals surface area contributed by atoms with Crippen molar-refractivity contribution in [1.29, 1.82) is 0 Å². The summed E-state index contributed by atoms with van der Waals surface area (Å²) in [6.45, 7) is 10.2. The Morgan fingerprint density at radius 3 is 2.59 bits per heavy atom. The fourth-order valence-corrected chi connectivity index (χ4v) is 1.75. The summed E-state index contributed by atoms with van der Waals surface area (Å²) < 4.78 is 5.60. The molecule has 0 aliphatic rings. The highest BCUT2D eigenvalue weighted by Gasteiger charge is 2.02. The predicted molar refractivity (Wildman–Crippen MR) is 92.7 cm³/mol. The topological polar surface area (TPSA) is 38.3 Å². The lowest BCUT2D eigenvalue weighted by Crippen LogP contribution is -2.12. The molecular formula is C19H25NO2. The molecule has 1 aromatic carbocycles. The van der Waals surface area contributed by atoms with E-state index >= 15 is 0 Å². The predicted octanol–water partition coefficient (Wildman–Crippen LogP) is 4.77. The summed E-state index contributed by atoms with van der Waals surface area (Å²) in [5, 5.41) is 2.87. The van der Waals surface area contributed by atoms with Gasteiger partial charge in [0.2, 0.25) is 5.91 Å². The van der Waals surface area contributed by atoms with Gasteiger partial charge in [0.1, 0.15) is 5.76 Å². The van der Waals surface area contributed by atoms with E-state index in [1.807, 2.05) is 57.2 Å². The number of benzene rings is 1. The zero-order valence-electron chi connectivity index (χ0n) is 13.7. The van der Waals surface area contributed by atoms with Gasteiger partial charge >= 0.3 is 0 Å². The lowest BCUT2D eigenvalue weighted by molar-refractivity contribution is -0.116. The van der Waals surface area contributed by atoms with Gasteiger partial charge < -0.3 is 10.1 Å². The number of carbonyl (C=O) groups excluding carboxylic acids is 1. The SMILES string of the molecule is C=C/C(=C\C(C)=C/C)OCCCC(=O)Nc1ccc(C)cc1. The van der Waals surface area contributed by atoms with Gasteiger partial charge in [-0.1, -0.05) is 35.9 Å². The van der Waals surface area contributed by atoms with E-state index in [0.717, 1.165) is 17.0 Å². The van der Waals surface area contributed by atoms with Gasteiger partial charge in [0.25, 0.3) is 0 Å². The smallest absolute Gasteiger partial charge is 0.224 e. The van der Waals surface area contributed by atoms with Crippen molar-refractivity contribution in [2.45, 2.75) is 33.6 Å². The lowest BCUT2D eigenvalue weighted by atomic mass is 10.2. The van der Waals surface area contributed by atoms with Crippen LogP contribution in [0, 0.1) is 6.92 Å². The normalized spacial score (nSPS) is 12.0. The molecule has 0 fully saturated rings. The van der Waals surface area contributed by atoms with Gasteiger partial charge in [-0.2, -0.15) is 0 Å². The van der Waals surface area contributed by atoms with Crippen LogP contribution < -0.4 is 5.32 Å². The molecule has 0 spiro atoms. The number of anilines is 1. The van der Waals surface area contributed by atoms with Crippen LogP contribution in [0.15, 0.2) is 60.4 Å². The van der Waals surface area contributed by atoms with Crippen molar-refractivity contribution in [3.05, 3.63) is 66.0 Å². The summed E-state index contributed by atoms with van der Waals surface area (Å²) in [7, 11) is 0. The first kappa shape index (κ1) is 17.8. The van der Waals surface area contributed by atoms with E-state index in [-0.39, 0.29) is 5.91 Å². The largest absolute Gasteiger partial charge is 0.494 e. The number of carbonyl (C=O) groups is 1. The molecule has 1 rings (SSSR count). The number of amides is 1. The summed E-state index contributed by atoms with van der Waals surface area (Å²) >= 11 is 0. The van der Waals surface area contributed by atoms with E-state index in [1.54, 1.807) is 6.08 Å². The van der Waals surface area contributed by atoms with Crippen LogP contribution in [0.3, 0.4) is 0 Å². The van der Waals surface area contributed by atoms with Crippen molar-refractivity contribution >= 4 is 11.6 Å². The average molecular weight is 299 g/mol. The van der Waals surface area contributed by atoms with Gasteiger partial charge in [0.05, 0.1) is 6.61 Å². The monoisotopic (exact) mass is 299 g/mol. The molecule has 3 nitrogen and oxygen atoms in total. The maximum Gasteiger partial charge on any atom is 0.224 e. The third kappa shape index (κ3) is 6.93. The third-order valence-electron chi connectivity index (χ3n) is 3.18. The summed E-state index contributed by atoms with van der Waals surface area (Å²) in [4.78, 5) is 11.8. The second-order valence-corrected chi connectivity index (χ2v) is 5.15. The molecule has 0 saturated heterocycles. The molecule has 0 atom stereocenters. The Kier molecular flexibility index (Phi) is 7.76. The zero-order valence-corrected chi connectivity index (χ0v) is 13.7. The van der Waals surface area contributed by atoms with E-state index in [9.17, 15) is 4.79 Å². The molecule has 0 unspecified atom stereocenters. The fourth-order valence-electron chi connectivity index (χ4n) is 1.75. The van der Waals surface area contributed by atoms with Gasteiger partial charge in [-0.05, 0) is 51.5 Å². The standard InChI is InChI=1S/C19H25NO2/c1-5-15(3)14-18(6-2)22-13-7-8-19(21)20-17-11-9-16(4)10-12-17/h5-6,9-12,14H,2,7-8,13H2,1,3-4H3,(H,20,21)/b15-5-,18-14+. The van der Waals surface area contributed by atoms with Crippen LogP contribution in [-0.4, -0.2) is 12.5 Å². The van der Waals surface area contributed by atoms with Crippen molar-refractivity contribution in [1.82, 2.24) is 0 Å². The Morgan fingerprint density at radius 2 is 2.00 bits per heavy atom. The van der Waals surface area contributed by atoms with Gasteiger partial charge in [0.15, 0.2) is 0 Å². The minimum Gasteiger partial charge on any atom is -0.494 e. The van der Waals surface area contributed by atoms with Crippen molar-refractivity contribution in [3.8, 4) is 0 Å². The van der Waals surface area contributed by atoms with Crippen molar-refractivity contribution in [3.63, 3.8) is 0 Å². The molecule has 0 heterocycles. The minimum atomic E-state index is 0.00113. The zero-order chi connectivity index (χ0) is 16.4. The first-order valence-corrected chi connectivity index (χ1v) is 7.51. The molecule has 0 aliphatic heterocycles. The first-order valence-electron chi connectivity index (χ1n) is 7.51. The summed E-state index contributed by atoms with van der Waals surface area (Å²) in [5.74, 6) is 0.732. The highest BCUT2D eigenvalue weighted by molar-refractivity contribution is 5.90. The van der Waals surface area contributed by atoms with E-state index in [2.05, 4.69) is 11.9 Å². The number of aryl methyl sites for hydroxylation is 1. The maximum atomic E-state index is 11.8. The average Bonchev–Trinajstić information content (AvgIpc) is 2.52. The molecule has 0 aromatic heterocycles. The van der Waals surface area contributed by atoms with Crippen LogP contribution in [0.25, 0.3) is 0 Å². The molecule has 22 heavy (non-hydrogen) atoms. The quantitative estimate of drug-likeness (QED) is 0.427. The Labute approximate surface area is 133 Å². The molecule has 0 bridgehead atoms. The second kappa shape index (κ2) is 9.61.